The number of nitriles is 1. The molecule has 0 saturated carbocycles. The molecule has 1 fully saturated rings. The molecule has 1 aliphatic rings. The van der Waals surface area contributed by atoms with E-state index in [1.165, 1.54) is 11.0 Å². The maximum absolute atomic E-state index is 13.0. The lowest BCUT2D eigenvalue weighted by atomic mass is 10.1. The highest BCUT2D eigenvalue weighted by Gasteiger charge is 2.35. The molecule has 0 atom stereocenters. The fraction of sp³-hybridized carbons (Fsp3) is 0. The summed E-state index contributed by atoms with van der Waals surface area (Å²) in [6, 6.07) is 19.0. The number of hydrogen-bond acceptors (Lipinski definition) is 5. The number of anilines is 1. The quantitative estimate of drug-likeness (QED) is 0.378. The van der Waals surface area contributed by atoms with Gasteiger partial charge in [0, 0.05) is 5.56 Å². The molecule has 8 heteroatoms. The first-order valence-corrected chi connectivity index (χ1v) is 9.53. The molecule has 30 heavy (non-hydrogen) atoms. The number of furan rings is 1. The lowest BCUT2D eigenvalue weighted by molar-refractivity contribution is -0.122. The van der Waals surface area contributed by atoms with Crippen LogP contribution in [0.4, 0.5) is 5.69 Å². The molecular weight excluding hydrogens is 422 g/mol. The van der Waals surface area contributed by atoms with E-state index in [2.05, 4.69) is 11.4 Å². The molecule has 3 aromatic rings. The molecule has 1 aromatic heterocycles. The molecular formula is C22H12ClN3O3S. The van der Waals surface area contributed by atoms with Gasteiger partial charge in [0.1, 0.15) is 17.1 Å². The maximum Gasteiger partial charge on any atom is 0.270 e. The van der Waals surface area contributed by atoms with Gasteiger partial charge in [0.2, 0.25) is 0 Å². The average molecular weight is 434 g/mol. The Hall–Kier alpha value is -3.73. The van der Waals surface area contributed by atoms with Crippen LogP contribution in [-0.2, 0) is 9.59 Å². The Morgan fingerprint density at radius 2 is 1.80 bits per heavy atom. The van der Waals surface area contributed by atoms with Crippen LogP contribution >= 0.6 is 23.8 Å². The summed E-state index contributed by atoms with van der Waals surface area (Å²) in [6.45, 7) is 0. The second kappa shape index (κ2) is 7.95. The number of thiocarbonyl (C=S) groups is 1. The van der Waals surface area contributed by atoms with Crippen molar-refractivity contribution in [1.29, 1.82) is 5.26 Å². The lowest BCUT2D eigenvalue weighted by Gasteiger charge is -2.29. The van der Waals surface area contributed by atoms with Crippen molar-refractivity contribution in [3.63, 3.8) is 0 Å². The number of carbonyl (C=O) groups is 2. The maximum atomic E-state index is 13.0. The monoisotopic (exact) mass is 433 g/mol. The largest absolute Gasteiger partial charge is 0.457 e. The number of nitrogens with one attached hydrogen (secondary N) is 1. The Morgan fingerprint density at radius 1 is 1.07 bits per heavy atom. The van der Waals surface area contributed by atoms with Crippen molar-refractivity contribution in [3.8, 4) is 17.4 Å². The summed E-state index contributed by atoms with van der Waals surface area (Å²) >= 11 is 11.4. The van der Waals surface area contributed by atoms with Gasteiger partial charge in [0.05, 0.1) is 22.3 Å². The smallest absolute Gasteiger partial charge is 0.270 e. The van der Waals surface area contributed by atoms with Crippen LogP contribution in [0.2, 0.25) is 5.02 Å². The van der Waals surface area contributed by atoms with Gasteiger partial charge < -0.3 is 4.42 Å². The molecule has 1 N–H and O–H groups in total. The number of nitrogens with zero attached hydrogens (tertiary/aromatic N) is 2. The van der Waals surface area contributed by atoms with Crippen LogP contribution in [0.3, 0.4) is 0 Å². The molecule has 2 aromatic carbocycles. The van der Waals surface area contributed by atoms with E-state index in [0.29, 0.717) is 27.8 Å². The predicted octanol–water partition coefficient (Wildman–Crippen LogP) is 4.30. The number of carbonyl (C=O) groups excluding carboxylic acids is 2. The molecule has 146 valence electrons. The van der Waals surface area contributed by atoms with Crippen LogP contribution in [0.1, 0.15) is 11.3 Å². The van der Waals surface area contributed by atoms with Gasteiger partial charge in [-0.1, -0.05) is 23.7 Å². The van der Waals surface area contributed by atoms with Gasteiger partial charge in [0.25, 0.3) is 11.8 Å². The van der Waals surface area contributed by atoms with Gasteiger partial charge in [-0.05, 0) is 66.8 Å². The highest BCUT2D eigenvalue weighted by Crippen LogP contribution is 2.29. The Morgan fingerprint density at radius 3 is 2.50 bits per heavy atom. The summed E-state index contributed by atoms with van der Waals surface area (Å²) in [7, 11) is 0. The third kappa shape index (κ3) is 3.62. The number of para-hydroxylation sites is 1. The normalized spacial score (nSPS) is 15.3. The first kappa shape index (κ1) is 19.6. The second-order valence-electron chi connectivity index (χ2n) is 6.30. The Labute approximate surface area is 182 Å². The van der Waals surface area contributed by atoms with Gasteiger partial charge in [-0.25, -0.2) is 0 Å². The van der Waals surface area contributed by atoms with Crippen molar-refractivity contribution in [2.75, 3.05) is 4.90 Å². The van der Waals surface area contributed by atoms with Gasteiger partial charge in [-0.2, -0.15) is 5.26 Å². The zero-order valence-corrected chi connectivity index (χ0v) is 16.8. The highest BCUT2D eigenvalue weighted by molar-refractivity contribution is 7.80. The summed E-state index contributed by atoms with van der Waals surface area (Å²) in [5, 5.41) is 11.7. The summed E-state index contributed by atoms with van der Waals surface area (Å²) in [5.41, 5.74) is 1.53. The Bertz CT molecular complexity index is 1260. The molecule has 0 spiro atoms. The standard InChI is InChI=1S/C22H12ClN3O3S/c23-17-3-1-2-4-18(17)26-21(28)16(20(27)25-22(26)30)11-15-9-10-19(29-15)14-7-5-13(12-24)6-8-14/h1-11H,(H,25,27,30)/b16-11-. The van der Waals surface area contributed by atoms with E-state index in [9.17, 15) is 9.59 Å². The molecule has 0 unspecified atom stereocenters. The summed E-state index contributed by atoms with van der Waals surface area (Å²) in [4.78, 5) is 26.6. The van der Waals surface area contributed by atoms with Crippen molar-refractivity contribution in [2.45, 2.75) is 0 Å². The molecule has 4 rings (SSSR count). The molecule has 0 bridgehead atoms. The first-order valence-electron chi connectivity index (χ1n) is 8.74. The zero-order valence-electron chi connectivity index (χ0n) is 15.3. The minimum atomic E-state index is -0.621. The minimum Gasteiger partial charge on any atom is -0.457 e. The summed E-state index contributed by atoms with van der Waals surface area (Å²) in [6.07, 6.45) is 1.36. The SMILES string of the molecule is N#Cc1ccc(-c2ccc(/C=C3/C(=O)NC(=S)N(c4ccccc4Cl)C3=O)o2)cc1. The van der Waals surface area contributed by atoms with E-state index in [-0.39, 0.29) is 10.7 Å². The third-order valence-electron chi connectivity index (χ3n) is 4.41. The van der Waals surface area contributed by atoms with Crippen molar-refractivity contribution in [1.82, 2.24) is 5.32 Å². The fourth-order valence-electron chi connectivity index (χ4n) is 2.95. The van der Waals surface area contributed by atoms with Crippen molar-refractivity contribution >= 4 is 52.5 Å². The van der Waals surface area contributed by atoms with Crippen LogP contribution in [0.15, 0.2) is 70.7 Å². The van der Waals surface area contributed by atoms with Crippen molar-refractivity contribution in [2.24, 2.45) is 0 Å². The molecule has 0 aliphatic carbocycles. The van der Waals surface area contributed by atoms with Crippen LogP contribution in [0.25, 0.3) is 17.4 Å². The van der Waals surface area contributed by atoms with Crippen LogP contribution in [0, 0.1) is 11.3 Å². The molecule has 2 heterocycles. The first-order chi connectivity index (χ1) is 14.5. The molecule has 1 saturated heterocycles. The fourth-order valence-corrected chi connectivity index (χ4v) is 3.44. The van der Waals surface area contributed by atoms with Gasteiger partial charge >= 0.3 is 0 Å². The third-order valence-corrected chi connectivity index (χ3v) is 5.01. The predicted molar refractivity (Wildman–Crippen MR) is 117 cm³/mol. The highest BCUT2D eigenvalue weighted by atomic mass is 35.5. The summed E-state index contributed by atoms with van der Waals surface area (Å²) in [5.74, 6) is -0.369. The van der Waals surface area contributed by atoms with E-state index < -0.39 is 11.8 Å². The second-order valence-corrected chi connectivity index (χ2v) is 7.09. The topological polar surface area (TPSA) is 86.3 Å². The van der Waals surface area contributed by atoms with Crippen molar-refractivity contribution in [3.05, 3.63) is 82.6 Å². The van der Waals surface area contributed by atoms with Gasteiger partial charge in [0.15, 0.2) is 5.11 Å². The molecule has 6 nitrogen and oxygen atoms in total. The van der Waals surface area contributed by atoms with E-state index in [4.69, 9.17) is 33.5 Å². The van der Waals surface area contributed by atoms with Gasteiger partial charge in [-0.3, -0.25) is 19.8 Å². The summed E-state index contributed by atoms with van der Waals surface area (Å²) < 4.78 is 5.77. The molecule has 1 aliphatic heterocycles. The van der Waals surface area contributed by atoms with Crippen molar-refractivity contribution < 1.29 is 14.0 Å². The van der Waals surface area contributed by atoms with Crippen LogP contribution in [0.5, 0.6) is 0 Å². The number of amides is 2. The van der Waals surface area contributed by atoms with E-state index in [1.54, 1.807) is 60.7 Å². The average Bonchev–Trinajstić information content (AvgIpc) is 3.21. The zero-order chi connectivity index (χ0) is 21.3. The number of hydrogen-bond donors (Lipinski definition) is 1. The van der Waals surface area contributed by atoms with Gasteiger partial charge in [-0.15, -0.1) is 0 Å². The van der Waals surface area contributed by atoms with E-state index in [0.717, 1.165) is 5.56 Å². The van der Waals surface area contributed by atoms with Crippen LogP contribution in [-0.4, -0.2) is 16.9 Å². The number of halogens is 1. The Kier molecular flexibility index (Phi) is 5.19. The molecule has 0 radical (unpaired) electrons. The number of benzene rings is 2. The van der Waals surface area contributed by atoms with E-state index in [1.807, 2.05) is 0 Å². The molecule has 2 amide bonds. The lowest BCUT2D eigenvalue weighted by Crippen LogP contribution is -2.54. The van der Waals surface area contributed by atoms with Crippen LogP contribution < -0.4 is 10.2 Å². The van der Waals surface area contributed by atoms with E-state index >= 15 is 0 Å². The number of rotatable bonds is 3. The minimum absolute atomic E-state index is 0.0482. The Balaban J connectivity index is 1.67.